The number of hydrogen-bond acceptors (Lipinski definition) is 3. The number of amides is 4. The number of urea groups is 2. The molecule has 1 unspecified atom stereocenters. The highest BCUT2D eigenvalue weighted by Crippen LogP contribution is 2.19. The Kier molecular flexibility index (Phi) is 2.97. The van der Waals surface area contributed by atoms with Crippen molar-refractivity contribution in [3.8, 4) is 0 Å². The van der Waals surface area contributed by atoms with E-state index < -0.39 is 18.2 Å². The zero-order chi connectivity index (χ0) is 12.4. The molecule has 90 valence electrons. The number of para-hydroxylation sites is 1. The first-order valence-corrected chi connectivity index (χ1v) is 5.38. The number of benzene rings is 1. The van der Waals surface area contributed by atoms with Gasteiger partial charge < -0.3 is 5.32 Å². The number of imide groups is 1. The van der Waals surface area contributed by atoms with Crippen LogP contribution in [0, 0.1) is 0 Å². The van der Waals surface area contributed by atoms with Crippen LogP contribution in [0.25, 0.3) is 0 Å². The van der Waals surface area contributed by atoms with Crippen LogP contribution in [0.4, 0.5) is 15.3 Å². The predicted molar refractivity (Wildman–Crippen MR) is 63.0 cm³/mol. The third kappa shape index (κ3) is 1.94. The highest BCUT2D eigenvalue weighted by molar-refractivity contribution is 6.14. The molecule has 4 amide bonds. The van der Waals surface area contributed by atoms with Crippen molar-refractivity contribution < 1.29 is 9.59 Å². The van der Waals surface area contributed by atoms with Gasteiger partial charge in [0.05, 0.1) is 5.69 Å². The first-order chi connectivity index (χ1) is 8.15. The summed E-state index contributed by atoms with van der Waals surface area (Å²) in [5.74, 6) is 5.65. The maximum Gasteiger partial charge on any atom is 0.348 e. The quantitative estimate of drug-likeness (QED) is 0.597. The standard InChI is InChI=1S/C11H14N4O2/c1-2-9-13-10(16)14(11(17)15(9)12)8-6-4-3-5-7-8/h3-7,9H,2,12H2,1H3,(H,13,16). The van der Waals surface area contributed by atoms with Crippen LogP contribution >= 0.6 is 0 Å². The summed E-state index contributed by atoms with van der Waals surface area (Å²) in [5, 5.41) is 3.70. The Morgan fingerprint density at radius 2 is 1.94 bits per heavy atom. The molecule has 3 N–H and O–H groups in total. The van der Waals surface area contributed by atoms with Gasteiger partial charge in [0.2, 0.25) is 0 Å². The zero-order valence-electron chi connectivity index (χ0n) is 9.46. The first-order valence-electron chi connectivity index (χ1n) is 5.38. The average Bonchev–Trinajstić information content (AvgIpc) is 2.35. The van der Waals surface area contributed by atoms with Gasteiger partial charge in [-0.25, -0.2) is 25.3 Å². The molecule has 0 bridgehead atoms. The van der Waals surface area contributed by atoms with Crippen LogP contribution in [-0.4, -0.2) is 23.2 Å². The number of hydrazine groups is 1. The molecular weight excluding hydrogens is 220 g/mol. The molecule has 0 saturated carbocycles. The van der Waals surface area contributed by atoms with Crippen molar-refractivity contribution in [2.45, 2.75) is 19.5 Å². The lowest BCUT2D eigenvalue weighted by Gasteiger charge is -2.37. The minimum Gasteiger partial charge on any atom is -0.316 e. The Hall–Kier alpha value is -2.08. The fraction of sp³-hybridized carbons (Fsp3) is 0.273. The monoisotopic (exact) mass is 234 g/mol. The van der Waals surface area contributed by atoms with Crippen LogP contribution in [0.5, 0.6) is 0 Å². The Labute approximate surface area is 99.0 Å². The van der Waals surface area contributed by atoms with Crippen LogP contribution in [0.15, 0.2) is 30.3 Å². The molecule has 6 heteroatoms. The molecule has 1 fully saturated rings. The van der Waals surface area contributed by atoms with E-state index in [1.165, 1.54) is 0 Å². The Morgan fingerprint density at radius 1 is 1.29 bits per heavy atom. The zero-order valence-corrected chi connectivity index (χ0v) is 9.46. The van der Waals surface area contributed by atoms with E-state index in [2.05, 4.69) is 5.32 Å². The molecule has 1 saturated heterocycles. The molecular formula is C11H14N4O2. The lowest BCUT2D eigenvalue weighted by Crippen LogP contribution is -2.67. The summed E-state index contributed by atoms with van der Waals surface area (Å²) < 4.78 is 0. The van der Waals surface area contributed by atoms with Crippen molar-refractivity contribution in [2.24, 2.45) is 5.84 Å². The van der Waals surface area contributed by atoms with Gasteiger partial charge in [-0.15, -0.1) is 0 Å². The molecule has 2 rings (SSSR count). The van der Waals surface area contributed by atoms with E-state index in [1.807, 2.05) is 13.0 Å². The molecule has 1 aliphatic rings. The molecule has 1 aliphatic heterocycles. The van der Waals surface area contributed by atoms with Crippen molar-refractivity contribution >= 4 is 17.7 Å². The molecule has 0 aliphatic carbocycles. The van der Waals surface area contributed by atoms with Crippen LogP contribution in [0.1, 0.15) is 13.3 Å². The van der Waals surface area contributed by atoms with Crippen molar-refractivity contribution in [2.75, 3.05) is 4.90 Å². The van der Waals surface area contributed by atoms with E-state index >= 15 is 0 Å². The largest absolute Gasteiger partial charge is 0.348 e. The van der Waals surface area contributed by atoms with Crippen LogP contribution in [0.2, 0.25) is 0 Å². The van der Waals surface area contributed by atoms with Gasteiger partial charge in [0, 0.05) is 0 Å². The van der Waals surface area contributed by atoms with Crippen LogP contribution in [-0.2, 0) is 0 Å². The summed E-state index contributed by atoms with van der Waals surface area (Å²) >= 11 is 0. The first kappa shape index (κ1) is 11.4. The second-order valence-electron chi connectivity index (χ2n) is 3.73. The molecule has 17 heavy (non-hydrogen) atoms. The molecule has 0 aromatic heterocycles. The van der Waals surface area contributed by atoms with Crippen molar-refractivity contribution in [1.29, 1.82) is 0 Å². The minimum atomic E-state index is -0.521. The maximum absolute atomic E-state index is 12.0. The smallest absolute Gasteiger partial charge is 0.316 e. The highest BCUT2D eigenvalue weighted by atomic mass is 16.2. The number of anilines is 1. The number of nitrogens with two attached hydrogens (primary N) is 1. The van der Waals surface area contributed by atoms with E-state index in [0.29, 0.717) is 12.1 Å². The summed E-state index contributed by atoms with van der Waals surface area (Å²) in [6.45, 7) is 1.84. The summed E-state index contributed by atoms with van der Waals surface area (Å²) in [5.41, 5.74) is 0.500. The third-order valence-corrected chi connectivity index (χ3v) is 2.64. The van der Waals surface area contributed by atoms with Crippen LogP contribution in [0.3, 0.4) is 0 Å². The fourth-order valence-corrected chi connectivity index (χ4v) is 1.72. The fourth-order valence-electron chi connectivity index (χ4n) is 1.72. The van der Waals surface area contributed by atoms with Gasteiger partial charge in [-0.05, 0) is 18.6 Å². The summed E-state index contributed by atoms with van der Waals surface area (Å²) in [6, 6.07) is 7.70. The van der Waals surface area contributed by atoms with Crippen molar-refractivity contribution in [3.05, 3.63) is 30.3 Å². The highest BCUT2D eigenvalue weighted by Gasteiger charge is 2.36. The number of carbonyl (C=O) groups is 2. The molecule has 1 heterocycles. The number of nitrogens with zero attached hydrogens (tertiary/aromatic N) is 2. The molecule has 0 radical (unpaired) electrons. The van der Waals surface area contributed by atoms with Crippen molar-refractivity contribution in [3.63, 3.8) is 0 Å². The van der Waals surface area contributed by atoms with Gasteiger partial charge in [0.25, 0.3) is 0 Å². The predicted octanol–water partition coefficient (Wildman–Crippen LogP) is 1.25. The summed E-state index contributed by atoms with van der Waals surface area (Å²) in [7, 11) is 0. The molecule has 1 atom stereocenters. The molecule has 1 aromatic carbocycles. The Bertz CT molecular complexity index is 434. The maximum atomic E-state index is 12.0. The number of hydrogen-bond donors (Lipinski definition) is 2. The summed E-state index contributed by atoms with van der Waals surface area (Å²) in [6.07, 6.45) is 0.117. The molecule has 1 aromatic rings. The molecule has 0 spiro atoms. The van der Waals surface area contributed by atoms with Crippen molar-refractivity contribution in [1.82, 2.24) is 10.3 Å². The number of rotatable bonds is 2. The normalized spacial score (nSPS) is 20.5. The SMILES string of the molecule is CCC1NC(=O)N(c2ccccc2)C(=O)N1N. The van der Waals surface area contributed by atoms with Gasteiger partial charge >= 0.3 is 12.1 Å². The van der Waals surface area contributed by atoms with E-state index in [4.69, 9.17) is 5.84 Å². The Morgan fingerprint density at radius 3 is 2.53 bits per heavy atom. The van der Waals surface area contributed by atoms with Gasteiger partial charge in [-0.1, -0.05) is 25.1 Å². The van der Waals surface area contributed by atoms with E-state index in [9.17, 15) is 9.59 Å². The lowest BCUT2D eigenvalue weighted by atomic mass is 10.2. The minimum absolute atomic E-state index is 0.449. The average molecular weight is 234 g/mol. The lowest BCUT2D eigenvalue weighted by molar-refractivity contribution is 0.151. The Balaban J connectivity index is 2.30. The van der Waals surface area contributed by atoms with Gasteiger partial charge in [-0.2, -0.15) is 0 Å². The van der Waals surface area contributed by atoms with E-state index in [1.54, 1.807) is 24.3 Å². The number of carbonyl (C=O) groups excluding carboxylic acids is 2. The van der Waals surface area contributed by atoms with Gasteiger partial charge in [-0.3, -0.25) is 0 Å². The number of nitrogens with one attached hydrogen (secondary N) is 1. The summed E-state index contributed by atoms with van der Waals surface area (Å²) in [4.78, 5) is 24.8. The molecule has 6 nitrogen and oxygen atoms in total. The van der Waals surface area contributed by atoms with Crippen LogP contribution < -0.4 is 16.1 Å². The van der Waals surface area contributed by atoms with Gasteiger partial charge in [0.1, 0.15) is 6.17 Å². The third-order valence-electron chi connectivity index (χ3n) is 2.64. The second-order valence-corrected chi connectivity index (χ2v) is 3.73. The van der Waals surface area contributed by atoms with E-state index in [0.717, 1.165) is 9.91 Å². The second kappa shape index (κ2) is 4.42. The van der Waals surface area contributed by atoms with Gasteiger partial charge in [0.15, 0.2) is 0 Å². The topological polar surface area (TPSA) is 78.7 Å². The van der Waals surface area contributed by atoms with E-state index in [-0.39, 0.29) is 0 Å².